The van der Waals surface area contributed by atoms with E-state index < -0.39 is 12.5 Å². The van der Waals surface area contributed by atoms with Gasteiger partial charge in [0.15, 0.2) is 0 Å². The number of nitrogens with zero attached hydrogens (tertiary/aromatic N) is 2. The molecule has 1 rings (SSSR count). The molecule has 0 spiro atoms. The van der Waals surface area contributed by atoms with Crippen molar-refractivity contribution in [2.24, 2.45) is 0 Å². The van der Waals surface area contributed by atoms with Crippen LogP contribution in [0.3, 0.4) is 0 Å². The van der Waals surface area contributed by atoms with Crippen molar-refractivity contribution in [3.8, 4) is 12.3 Å². The highest BCUT2D eigenvalue weighted by Gasteiger charge is 2.17. The fourth-order valence-electron chi connectivity index (χ4n) is 2.06. The molecule has 0 bridgehead atoms. The van der Waals surface area contributed by atoms with Crippen LogP contribution in [0.5, 0.6) is 0 Å². The van der Waals surface area contributed by atoms with Crippen LogP contribution in [-0.4, -0.2) is 48.1 Å². The van der Waals surface area contributed by atoms with E-state index in [1.165, 1.54) is 0 Å². The summed E-state index contributed by atoms with van der Waals surface area (Å²) in [6.07, 6.45) is 5.18. The van der Waals surface area contributed by atoms with Gasteiger partial charge in [-0.3, -0.25) is 9.59 Å². The van der Waals surface area contributed by atoms with Crippen LogP contribution in [0.15, 0.2) is 24.3 Å². The molecule has 0 saturated heterocycles. The summed E-state index contributed by atoms with van der Waals surface area (Å²) < 4.78 is 0. The normalized spacial score (nSPS) is 9.76. The van der Waals surface area contributed by atoms with E-state index in [9.17, 15) is 9.59 Å². The number of carboxylic acid groups (broad SMARTS) is 1. The number of terminal acetylenes is 1. The van der Waals surface area contributed by atoms with Gasteiger partial charge >= 0.3 is 5.97 Å². The van der Waals surface area contributed by atoms with Crippen LogP contribution in [0.2, 0.25) is 0 Å². The van der Waals surface area contributed by atoms with E-state index in [1.807, 2.05) is 12.1 Å². The maximum absolute atomic E-state index is 12.2. The molecule has 21 heavy (non-hydrogen) atoms. The highest BCUT2D eigenvalue weighted by atomic mass is 16.4. The Balaban J connectivity index is 2.91. The number of amides is 1. The molecule has 1 N–H and O–H groups in total. The second-order valence-corrected chi connectivity index (χ2v) is 4.48. The zero-order chi connectivity index (χ0) is 15.8. The van der Waals surface area contributed by atoms with Crippen molar-refractivity contribution >= 4 is 17.6 Å². The van der Waals surface area contributed by atoms with Crippen molar-refractivity contribution < 1.29 is 14.7 Å². The quantitative estimate of drug-likeness (QED) is 0.776. The summed E-state index contributed by atoms with van der Waals surface area (Å²) >= 11 is 0. The third-order valence-corrected chi connectivity index (χ3v) is 3.14. The number of carbonyl (C=O) groups is 2. The Morgan fingerprint density at radius 3 is 2.19 bits per heavy atom. The highest BCUT2D eigenvalue weighted by molar-refractivity contribution is 5.96. The Morgan fingerprint density at radius 1 is 1.19 bits per heavy atom. The van der Waals surface area contributed by atoms with E-state index in [4.69, 9.17) is 11.5 Å². The number of hydrogen-bond acceptors (Lipinski definition) is 3. The average Bonchev–Trinajstić information content (AvgIpc) is 2.47. The summed E-state index contributed by atoms with van der Waals surface area (Å²) in [6, 6.07) is 7.10. The molecular weight excluding hydrogens is 268 g/mol. The molecule has 0 aliphatic heterocycles. The molecule has 0 heterocycles. The van der Waals surface area contributed by atoms with Crippen LogP contribution in [-0.2, 0) is 4.79 Å². The number of anilines is 1. The number of rotatable bonds is 7. The van der Waals surface area contributed by atoms with Crippen LogP contribution < -0.4 is 4.90 Å². The predicted octanol–water partition coefficient (Wildman–Crippen LogP) is 1.69. The standard InChI is InChI=1S/C16H20N2O3/c1-4-11-18(12-15(19)20)16(21)13-7-9-14(10-8-13)17(5-2)6-3/h1,7-10H,5-6,11-12H2,2-3H3,(H,19,20). The summed E-state index contributed by atoms with van der Waals surface area (Å²) in [6.45, 7) is 5.45. The van der Waals surface area contributed by atoms with Crippen molar-refractivity contribution in [1.82, 2.24) is 4.90 Å². The lowest BCUT2D eigenvalue weighted by atomic mass is 10.1. The molecule has 5 nitrogen and oxygen atoms in total. The number of carbonyl (C=O) groups excluding carboxylic acids is 1. The summed E-state index contributed by atoms with van der Waals surface area (Å²) in [5.41, 5.74) is 1.46. The summed E-state index contributed by atoms with van der Waals surface area (Å²) in [7, 11) is 0. The van der Waals surface area contributed by atoms with E-state index in [0.717, 1.165) is 23.7 Å². The summed E-state index contributed by atoms with van der Waals surface area (Å²) in [5, 5.41) is 8.82. The van der Waals surface area contributed by atoms with Gasteiger partial charge in [0.2, 0.25) is 0 Å². The van der Waals surface area contributed by atoms with Crippen molar-refractivity contribution in [3.05, 3.63) is 29.8 Å². The number of hydrogen-bond donors (Lipinski definition) is 1. The first-order valence-electron chi connectivity index (χ1n) is 6.83. The zero-order valence-corrected chi connectivity index (χ0v) is 12.4. The first-order valence-corrected chi connectivity index (χ1v) is 6.83. The van der Waals surface area contributed by atoms with Crippen molar-refractivity contribution in [1.29, 1.82) is 0 Å². The third-order valence-electron chi connectivity index (χ3n) is 3.14. The fourth-order valence-corrected chi connectivity index (χ4v) is 2.06. The first kappa shape index (κ1) is 16.6. The van der Waals surface area contributed by atoms with Crippen LogP contribution in [0.1, 0.15) is 24.2 Å². The van der Waals surface area contributed by atoms with Crippen molar-refractivity contribution in [2.45, 2.75) is 13.8 Å². The molecule has 0 saturated carbocycles. The SMILES string of the molecule is C#CCN(CC(=O)O)C(=O)c1ccc(N(CC)CC)cc1. The van der Waals surface area contributed by atoms with Gasteiger partial charge < -0.3 is 14.9 Å². The lowest BCUT2D eigenvalue weighted by molar-refractivity contribution is -0.137. The molecule has 112 valence electrons. The second-order valence-electron chi connectivity index (χ2n) is 4.48. The van der Waals surface area contributed by atoms with Crippen molar-refractivity contribution in [2.75, 3.05) is 31.1 Å². The molecule has 0 aliphatic carbocycles. The van der Waals surface area contributed by atoms with Crippen LogP contribution >= 0.6 is 0 Å². The summed E-state index contributed by atoms with van der Waals surface area (Å²) in [4.78, 5) is 26.3. The van der Waals surface area contributed by atoms with E-state index in [2.05, 4.69) is 24.7 Å². The van der Waals surface area contributed by atoms with Gasteiger partial charge in [0, 0.05) is 24.3 Å². The van der Waals surface area contributed by atoms with Gasteiger partial charge in [0.1, 0.15) is 6.54 Å². The van der Waals surface area contributed by atoms with Gasteiger partial charge in [-0.05, 0) is 38.1 Å². The van der Waals surface area contributed by atoms with E-state index >= 15 is 0 Å². The van der Waals surface area contributed by atoms with Crippen LogP contribution in [0.4, 0.5) is 5.69 Å². The number of carboxylic acids is 1. The second kappa shape index (κ2) is 7.95. The lowest BCUT2D eigenvalue weighted by Crippen LogP contribution is -2.36. The van der Waals surface area contributed by atoms with Crippen molar-refractivity contribution in [3.63, 3.8) is 0 Å². The maximum atomic E-state index is 12.2. The molecule has 5 heteroatoms. The van der Waals surface area contributed by atoms with E-state index in [-0.39, 0.29) is 12.5 Å². The predicted molar refractivity (Wildman–Crippen MR) is 82.4 cm³/mol. The number of benzene rings is 1. The molecule has 0 unspecified atom stereocenters. The van der Waals surface area contributed by atoms with Gasteiger partial charge in [-0.2, -0.15) is 0 Å². The summed E-state index contributed by atoms with van der Waals surface area (Å²) in [5.74, 6) is 0.847. The molecule has 1 aromatic carbocycles. The van der Waals surface area contributed by atoms with Crippen LogP contribution in [0, 0.1) is 12.3 Å². The van der Waals surface area contributed by atoms with Crippen LogP contribution in [0.25, 0.3) is 0 Å². The molecular formula is C16H20N2O3. The smallest absolute Gasteiger partial charge is 0.323 e. The maximum Gasteiger partial charge on any atom is 0.323 e. The average molecular weight is 288 g/mol. The minimum Gasteiger partial charge on any atom is -0.480 e. The Kier molecular flexibility index (Phi) is 6.28. The van der Waals surface area contributed by atoms with Gasteiger partial charge in [0.25, 0.3) is 5.91 Å². The Hall–Kier alpha value is -2.48. The third kappa shape index (κ3) is 4.53. The molecule has 0 aliphatic rings. The zero-order valence-electron chi connectivity index (χ0n) is 12.4. The minimum atomic E-state index is -1.08. The molecule has 0 atom stereocenters. The Labute approximate surface area is 125 Å². The minimum absolute atomic E-state index is 0.0249. The fraction of sp³-hybridized carbons (Fsp3) is 0.375. The van der Waals surface area contributed by atoms with Gasteiger partial charge in [-0.25, -0.2) is 0 Å². The van der Waals surface area contributed by atoms with E-state index in [1.54, 1.807) is 12.1 Å². The lowest BCUT2D eigenvalue weighted by Gasteiger charge is -2.22. The Morgan fingerprint density at radius 2 is 1.76 bits per heavy atom. The monoisotopic (exact) mass is 288 g/mol. The largest absolute Gasteiger partial charge is 0.480 e. The first-order chi connectivity index (χ1) is 10.0. The van der Waals surface area contributed by atoms with Gasteiger partial charge in [-0.1, -0.05) is 5.92 Å². The molecule has 1 amide bonds. The van der Waals surface area contributed by atoms with Gasteiger partial charge in [-0.15, -0.1) is 6.42 Å². The molecule has 1 aromatic rings. The molecule has 0 fully saturated rings. The molecule has 0 aromatic heterocycles. The van der Waals surface area contributed by atoms with E-state index in [0.29, 0.717) is 5.56 Å². The molecule has 0 radical (unpaired) electrons. The highest BCUT2D eigenvalue weighted by Crippen LogP contribution is 2.16. The van der Waals surface area contributed by atoms with Gasteiger partial charge in [0.05, 0.1) is 6.54 Å². The topological polar surface area (TPSA) is 60.9 Å². The Bertz CT molecular complexity index is 527. The number of aliphatic carboxylic acids is 1.